The Kier molecular flexibility index (Phi) is 5.65. The quantitative estimate of drug-likeness (QED) is 0.567. The number of hydrogen-bond acceptors (Lipinski definition) is 4. The Bertz CT molecular complexity index is 863. The van der Waals surface area contributed by atoms with Crippen LogP contribution in [0.2, 0.25) is 0 Å². The summed E-state index contributed by atoms with van der Waals surface area (Å²) in [5, 5.41) is 6.81. The van der Waals surface area contributed by atoms with E-state index in [-0.39, 0.29) is 5.91 Å². The van der Waals surface area contributed by atoms with Crippen LogP contribution in [0.25, 0.3) is 11.0 Å². The van der Waals surface area contributed by atoms with E-state index in [2.05, 4.69) is 11.4 Å². The van der Waals surface area contributed by atoms with Crippen molar-refractivity contribution in [2.75, 3.05) is 0 Å². The van der Waals surface area contributed by atoms with Crippen LogP contribution < -0.4 is 5.32 Å². The van der Waals surface area contributed by atoms with Crippen molar-refractivity contribution in [2.24, 2.45) is 0 Å². The van der Waals surface area contributed by atoms with Crippen molar-refractivity contribution in [3.8, 4) is 0 Å². The summed E-state index contributed by atoms with van der Waals surface area (Å²) in [6.45, 7) is 0.544. The Balaban J connectivity index is 1.53. The smallest absolute Gasteiger partial charge is 0.287 e. The van der Waals surface area contributed by atoms with Gasteiger partial charge in [-0.05, 0) is 30.4 Å². The van der Waals surface area contributed by atoms with Crippen LogP contribution in [0.3, 0.4) is 0 Å². The van der Waals surface area contributed by atoms with Gasteiger partial charge in [-0.1, -0.05) is 43.5 Å². The van der Waals surface area contributed by atoms with Crippen LogP contribution in [0.4, 0.5) is 0 Å². The Morgan fingerprint density at radius 1 is 1.15 bits per heavy atom. The third-order valence-electron chi connectivity index (χ3n) is 4.92. The van der Waals surface area contributed by atoms with Crippen molar-refractivity contribution in [2.45, 2.75) is 49.7 Å². The Morgan fingerprint density at radius 3 is 2.81 bits per heavy atom. The van der Waals surface area contributed by atoms with Gasteiger partial charge in [0.15, 0.2) is 5.76 Å². The minimum absolute atomic E-state index is 0.117. The number of carbonyl (C=O) groups is 1. The molecule has 0 aliphatic heterocycles. The fourth-order valence-corrected chi connectivity index (χ4v) is 5.52. The van der Waals surface area contributed by atoms with Gasteiger partial charge in [0.1, 0.15) is 5.58 Å². The first kappa shape index (κ1) is 17.7. The normalized spacial score (nSPS) is 15.4. The lowest BCUT2D eigenvalue weighted by Crippen LogP contribution is -2.22. The number of fused-ring (bicyclic) bond motifs is 1. The molecule has 136 valence electrons. The molecule has 26 heavy (non-hydrogen) atoms. The highest BCUT2D eigenvalue weighted by atomic mass is 32.2. The first-order chi connectivity index (χ1) is 12.8. The highest BCUT2D eigenvalue weighted by molar-refractivity contribution is 7.99. The minimum atomic E-state index is -0.117. The summed E-state index contributed by atoms with van der Waals surface area (Å²) in [4.78, 5) is 13.9. The van der Waals surface area contributed by atoms with Crippen LogP contribution in [0.1, 0.15) is 53.1 Å². The predicted molar refractivity (Wildman–Crippen MR) is 110 cm³/mol. The van der Waals surface area contributed by atoms with Crippen LogP contribution in [0.15, 0.2) is 46.2 Å². The molecule has 2 aromatic heterocycles. The zero-order valence-electron chi connectivity index (χ0n) is 14.7. The van der Waals surface area contributed by atoms with Crippen molar-refractivity contribution in [1.82, 2.24) is 5.32 Å². The molecule has 1 fully saturated rings. The zero-order valence-corrected chi connectivity index (χ0v) is 16.3. The van der Waals surface area contributed by atoms with E-state index >= 15 is 0 Å². The largest absolute Gasteiger partial charge is 0.451 e. The molecular weight excluding hydrogens is 362 g/mol. The van der Waals surface area contributed by atoms with E-state index in [9.17, 15) is 4.79 Å². The van der Waals surface area contributed by atoms with Gasteiger partial charge in [-0.3, -0.25) is 4.79 Å². The van der Waals surface area contributed by atoms with Gasteiger partial charge < -0.3 is 9.73 Å². The molecule has 5 heteroatoms. The second-order valence-corrected chi connectivity index (χ2v) is 9.06. The van der Waals surface area contributed by atoms with Gasteiger partial charge in [-0.25, -0.2) is 0 Å². The molecule has 0 radical (unpaired) electrons. The van der Waals surface area contributed by atoms with E-state index in [1.165, 1.54) is 32.1 Å². The Labute approximate surface area is 162 Å². The maximum absolute atomic E-state index is 12.8. The molecule has 1 N–H and O–H groups in total. The molecule has 0 bridgehead atoms. The maximum atomic E-state index is 12.8. The number of benzene rings is 1. The fourth-order valence-electron chi connectivity index (χ4n) is 3.52. The lowest BCUT2D eigenvalue weighted by molar-refractivity contribution is 0.0925. The zero-order chi connectivity index (χ0) is 17.8. The third-order valence-corrected chi connectivity index (χ3v) is 7.20. The number of hydrogen-bond donors (Lipinski definition) is 1. The van der Waals surface area contributed by atoms with Crippen molar-refractivity contribution in [1.29, 1.82) is 0 Å². The van der Waals surface area contributed by atoms with Crippen LogP contribution >= 0.6 is 23.1 Å². The topological polar surface area (TPSA) is 42.2 Å². The van der Waals surface area contributed by atoms with E-state index in [0.29, 0.717) is 17.6 Å². The lowest BCUT2D eigenvalue weighted by Gasteiger charge is -2.20. The van der Waals surface area contributed by atoms with Gasteiger partial charge in [0.25, 0.3) is 5.91 Å². The maximum Gasteiger partial charge on any atom is 0.287 e. The second kappa shape index (κ2) is 8.31. The molecule has 1 aliphatic rings. The summed E-state index contributed by atoms with van der Waals surface area (Å²) in [5.41, 5.74) is 1.84. The SMILES string of the molecule is O=C(NCc1cccs1)c1oc2ccccc2c1CSC1CCCCC1. The predicted octanol–water partition coefficient (Wildman–Crippen LogP) is 5.99. The lowest BCUT2D eigenvalue weighted by atomic mass is 10.0. The molecule has 0 unspecified atom stereocenters. The van der Waals surface area contributed by atoms with E-state index in [0.717, 1.165) is 27.2 Å². The Morgan fingerprint density at radius 2 is 2.00 bits per heavy atom. The van der Waals surface area contributed by atoms with E-state index in [1.54, 1.807) is 11.3 Å². The summed E-state index contributed by atoms with van der Waals surface area (Å²) < 4.78 is 5.95. The number of nitrogens with one attached hydrogen (secondary N) is 1. The standard InChI is InChI=1S/C21H23NO2S2/c23-21(22-13-16-9-6-12-25-16)20-18(14-26-15-7-2-1-3-8-15)17-10-4-5-11-19(17)24-20/h4-6,9-12,15H,1-3,7-8,13-14H2,(H,22,23). The molecule has 1 aliphatic carbocycles. The van der Waals surface area contributed by atoms with Gasteiger partial charge in [0.2, 0.25) is 0 Å². The molecule has 1 saturated carbocycles. The number of thiophene rings is 1. The van der Waals surface area contributed by atoms with Crippen molar-refractivity contribution in [3.63, 3.8) is 0 Å². The van der Waals surface area contributed by atoms with Crippen LogP contribution in [-0.2, 0) is 12.3 Å². The molecule has 2 heterocycles. The molecule has 3 nitrogen and oxygen atoms in total. The van der Waals surface area contributed by atoms with Gasteiger partial charge in [-0.15, -0.1) is 11.3 Å². The highest BCUT2D eigenvalue weighted by Crippen LogP contribution is 2.35. The number of amides is 1. The van der Waals surface area contributed by atoms with Gasteiger partial charge in [0.05, 0.1) is 6.54 Å². The van der Waals surface area contributed by atoms with Crippen LogP contribution in [-0.4, -0.2) is 11.2 Å². The number of carbonyl (C=O) groups excluding carboxylic acids is 1. The molecule has 1 aromatic carbocycles. The molecule has 0 saturated heterocycles. The van der Waals surface area contributed by atoms with Crippen LogP contribution in [0.5, 0.6) is 0 Å². The monoisotopic (exact) mass is 385 g/mol. The second-order valence-electron chi connectivity index (χ2n) is 6.74. The van der Waals surface area contributed by atoms with Crippen molar-refractivity contribution in [3.05, 3.63) is 58.0 Å². The average Bonchev–Trinajstić information content (AvgIpc) is 3.33. The summed E-state index contributed by atoms with van der Waals surface area (Å²) in [6.07, 6.45) is 6.61. The van der Waals surface area contributed by atoms with Gasteiger partial charge in [0, 0.05) is 26.8 Å². The minimum Gasteiger partial charge on any atom is -0.451 e. The summed E-state index contributed by atoms with van der Waals surface area (Å²) in [6, 6.07) is 12.0. The molecule has 0 spiro atoms. The number of furan rings is 1. The van der Waals surface area contributed by atoms with Gasteiger partial charge >= 0.3 is 0 Å². The number of para-hydroxylation sites is 1. The molecule has 3 aromatic rings. The van der Waals surface area contributed by atoms with E-state index in [4.69, 9.17) is 4.42 Å². The van der Waals surface area contributed by atoms with Crippen molar-refractivity contribution < 1.29 is 9.21 Å². The van der Waals surface area contributed by atoms with Crippen LogP contribution in [0, 0.1) is 0 Å². The van der Waals surface area contributed by atoms with E-state index < -0.39 is 0 Å². The first-order valence-corrected chi connectivity index (χ1v) is 11.2. The molecule has 4 rings (SSSR count). The average molecular weight is 386 g/mol. The van der Waals surface area contributed by atoms with E-state index in [1.807, 2.05) is 47.5 Å². The molecule has 1 amide bonds. The molecule has 0 atom stereocenters. The third kappa shape index (κ3) is 3.99. The molecular formula is C21H23NO2S2. The number of thioether (sulfide) groups is 1. The number of rotatable bonds is 6. The van der Waals surface area contributed by atoms with Crippen molar-refractivity contribution >= 4 is 40.0 Å². The fraction of sp³-hybridized carbons (Fsp3) is 0.381. The first-order valence-electron chi connectivity index (χ1n) is 9.24. The Hall–Kier alpha value is -1.72. The summed E-state index contributed by atoms with van der Waals surface area (Å²) >= 11 is 3.63. The summed E-state index contributed by atoms with van der Waals surface area (Å²) in [5.74, 6) is 1.20. The van der Waals surface area contributed by atoms with Gasteiger partial charge in [-0.2, -0.15) is 11.8 Å². The highest BCUT2D eigenvalue weighted by Gasteiger charge is 2.22. The summed E-state index contributed by atoms with van der Waals surface area (Å²) in [7, 11) is 0.